The van der Waals surface area contributed by atoms with Gasteiger partial charge in [0.1, 0.15) is 23.4 Å². The van der Waals surface area contributed by atoms with Gasteiger partial charge in [-0.25, -0.2) is 4.98 Å². The van der Waals surface area contributed by atoms with Gasteiger partial charge in [-0.3, -0.25) is 0 Å². The molecule has 4 aromatic rings. The summed E-state index contributed by atoms with van der Waals surface area (Å²) in [5, 5.41) is 15.8. The first-order chi connectivity index (χ1) is 14.6. The number of nitrogens with two attached hydrogens (primary N) is 1. The summed E-state index contributed by atoms with van der Waals surface area (Å²) in [5.41, 5.74) is 9.96. The summed E-state index contributed by atoms with van der Waals surface area (Å²) in [6.45, 7) is 0. The fourth-order valence-electron chi connectivity index (χ4n) is 3.36. The minimum atomic E-state index is -0.346. The van der Waals surface area contributed by atoms with Crippen LogP contribution < -0.4 is 16.4 Å². The van der Waals surface area contributed by atoms with Crippen molar-refractivity contribution in [2.24, 2.45) is 5.73 Å². The Bertz CT molecular complexity index is 1310. The highest BCUT2D eigenvalue weighted by atomic mass is 32.1. The van der Waals surface area contributed by atoms with Gasteiger partial charge in [0.25, 0.3) is 0 Å². The highest BCUT2D eigenvalue weighted by Gasteiger charge is 2.27. The molecule has 0 saturated carbocycles. The molecule has 2 aromatic heterocycles. The number of fused-ring (bicyclic) bond motifs is 1. The van der Waals surface area contributed by atoms with Crippen molar-refractivity contribution >= 4 is 39.8 Å². The number of nitrogens with zero attached hydrogens (tertiary/aromatic N) is 2. The third-order valence-electron chi connectivity index (χ3n) is 4.84. The first-order valence-corrected chi connectivity index (χ1v) is 10.4. The Labute approximate surface area is 181 Å². The molecular formula is C22H15N5OS2. The maximum absolute atomic E-state index is 9.47. The van der Waals surface area contributed by atoms with E-state index in [1.54, 1.807) is 11.3 Å². The van der Waals surface area contributed by atoms with Gasteiger partial charge in [-0.2, -0.15) is 5.26 Å². The second kappa shape index (κ2) is 7.30. The Kier molecular flexibility index (Phi) is 4.47. The van der Waals surface area contributed by atoms with E-state index in [0.29, 0.717) is 22.4 Å². The number of thiophene rings is 1. The van der Waals surface area contributed by atoms with Gasteiger partial charge in [-0.05, 0) is 54.2 Å². The summed E-state index contributed by atoms with van der Waals surface area (Å²) in [6, 6.07) is 21.6. The largest absolute Gasteiger partial charge is 0.436 e. The second-order valence-electron chi connectivity index (χ2n) is 6.74. The zero-order valence-corrected chi connectivity index (χ0v) is 17.2. The van der Waals surface area contributed by atoms with Crippen LogP contribution in [0.2, 0.25) is 0 Å². The molecule has 6 nitrogen and oxygen atoms in total. The second-order valence-corrected chi connectivity index (χ2v) is 8.26. The molecule has 146 valence electrons. The van der Waals surface area contributed by atoms with Gasteiger partial charge in [0, 0.05) is 15.3 Å². The number of oxazole rings is 1. The maximum atomic E-state index is 9.47. The van der Waals surface area contributed by atoms with E-state index < -0.39 is 0 Å². The molecule has 0 amide bonds. The predicted molar refractivity (Wildman–Crippen MR) is 121 cm³/mol. The average Bonchev–Trinajstić information content (AvgIpc) is 3.41. The molecular weight excluding hydrogens is 414 g/mol. The lowest BCUT2D eigenvalue weighted by Gasteiger charge is -2.25. The minimum absolute atomic E-state index is 0.295. The molecule has 0 bridgehead atoms. The molecule has 30 heavy (non-hydrogen) atoms. The van der Waals surface area contributed by atoms with Crippen molar-refractivity contribution < 1.29 is 4.42 Å². The third-order valence-corrected chi connectivity index (χ3v) is 6.26. The molecule has 0 radical (unpaired) electrons. The van der Waals surface area contributed by atoms with Crippen LogP contribution in [-0.4, -0.2) is 10.1 Å². The summed E-state index contributed by atoms with van der Waals surface area (Å²) >= 11 is 6.78. The first-order valence-electron chi connectivity index (χ1n) is 9.16. The number of hydrogen-bond donors (Lipinski definition) is 3. The van der Waals surface area contributed by atoms with Crippen LogP contribution in [0.3, 0.4) is 0 Å². The molecule has 1 aliphatic heterocycles. The molecule has 8 heteroatoms. The van der Waals surface area contributed by atoms with Crippen LogP contribution in [0, 0.1) is 11.3 Å². The maximum Gasteiger partial charge on any atom is 0.227 e. The lowest BCUT2D eigenvalue weighted by molar-refractivity contribution is 0.620. The van der Waals surface area contributed by atoms with Crippen LogP contribution in [0.25, 0.3) is 33.0 Å². The number of nitriles is 1. The van der Waals surface area contributed by atoms with Crippen LogP contribution in [0.5, 0.6) is 0 Å². The fourth-order valence-corrected chi connectivity index (χ4v) is 4.66. The summed E-state index contributed by atoms with van der Waals surface area (Å²) in [5.74, 6) is 0.894. The molecule has 1 atom stereocenters. The highest BCUT2D eigenvalue weighted by Crippen LogP contribution is 2.36. The van der Waals surface area contributed by atoms with E-state index in [1.807, 2.05) is 60.7 Å². The van der Waals surface area contributed by atoms with Gasteiger partial charge in [-0.15, -0.1) is 11.3 Å². The molecule has 1 unspecified atom stereocenters. The lowest BCUT2D eigenvalue weighted by atomic mass is 10.1. The number of hydrogen-bond acceptors (Lipinski definition) is 6. The van der Waals surface area contributed by atoms with Crippen molar-refractivity contribution in [1.82, 2.24) is 15.6 Å². The Hall–Kier alpha value is -3.67. The van der Waals surface area contributed by atoms with Gasteiger partial charge in [0.05, 0.1) is 5.57 Å². The minimum Gasteiger partial charge on any atom is -0.436 e. The van der Waals surface area contributed by atoms with Crippen molar-refractivity contribution in [3.8, 4) is 28.0 Å². The number of thiocarbonyl (C=S) groups is 1. The standard InChI is InChI=1S/C22H15N5OS2/c23-11-14-19(26-22(29)27-20(14)24)18-10-9-17(30-18)12-5-7-13(8-6-12)21-25-15-3-1-2-4-16(15)28-21/h1-10,19H,24H2,(H2,26,27,29). The zero-order chi connectivity index (χ0) is 20.7. The Morgan fingerprint density at radius 3 is 2.60 bits per heavy atom. The summed E-state index contributed by atoms with van der Waals surface area (Å²) in [6.07, 6.45) is 0. The molecule has 2 aromatic carbocycles. The predicted octanol–water partition coefficient (Wildman–Crippen LogP) is 4.44. The molecule has 3 heterocycles. The first kappa shape index (κ1) is 18.4. The van der Waals surface area contributed by atoms with Gasteiger partial charge in [0.15, 0.2) is 10.7 Å². The number of benzene rings is 2. The van der Waals surface area contributed by atoms with Gasteiger partial charge < -0.3 is 20.8 Å². The number of aromatic nitrogens is 1. The topological polar surface area (TPSA) is 99.9 Å². The van der Waals surface area contributed by atoms with Gasteiger partial charge in [-0.1, -0.05) is 24.3 Å². The van der Waals surface area contributed by atoms with Crippen molar-refractivity contribution in [3.63, 3.8) is 0 Å². The molecule has 5 rings (SSSR count). The summed E-state index contributed by atoms with van der Waals surface area (Å²) in [4.78, 5) is 6.59. The van der Waals surface area contributed by atoms with Crippen molar-refractivity contribution in [2.75, 3.05) is 0 Å². The summed E-state index contributed by atoms with van der Waals surface area (Å²) in [7, 11) is 0. The zero-order valence-electron chi connectivity index (χ0n) is 15.5. The number of para-hydroxylation sites is 2. The molecule has 4 N–H and O–H groups in total. The summed E-state index contributed by atoms with van der Waals surface area (Å²) < 4.78 is 5.84. The van der Waals surface area contributed by atoms with E-state index in [1.165, 1.54) is 0 Å². The van der Waals surface area contributed by atoms with Gasteiger partial charge in [0.2, 0.25) is 5.89 Å². The van der Waals surface area contributed by atoms with E-state index in [2.05, 4.69) is 21.7 Å². The highest BCUT2D eigenvalue weighted by molar-refractivity contribution is 7.80. The van der Waals surface area contributed by atoms with Crippen LogP contribution in [-0.2, 0) is 0 Å². The van der Waals surface area contributed by atoms with E-state index in [9.17, 15) is 5.26 Å². The SMILES string of the molecule is N#CC1=C(N)NC(=S)NC1c1ccc(-c2ccc(-c3nc4ccccc4o3)cc2)s1. The monoisotopic (exact) mass is 429 g/mol. The Balaban J connectivity index is 1.43. The van der Waals surface area contributed by atoms with Gasteiger partial charge >= 0.3 is 0 Å². The quantitative estimate of drug-likeness (QED) is 0.414. The lowest BCUT2D eigenvalue weighted by Crippen LogP contribution is -2.45. The van der Waals surface area contributed by atoms with Crippen molar-refractivity contribution in [2.45, 2.75) is 6.04 Å². The van der Waals surface area contributed by atoms with E-state index in [-0.39, 0.29) is 6.04 Å². The molecule has 0 fully saturated rings. The van der Waals surface area contributed by atoms with Crippen LogP contribution in [0.4, 0.5) is 0 Å². The Morgan fingerprint density at radius 1 is 1.07 bits per heavy atom. The van der Waals surface area contributed by atoms with E-state index in [4.69, 9.17) is 22.4 Å². The van der Waals surface area contributed by atoms with Crippen LogP contribution >= 0.6 is 23.6 Å². The third kappa shape index (κ3) is 3.20. The normalized spacial score (nSPS) is 16.2. The van der Waals surface area contributed by atoms with Crippen molar-refractivity contribution in [1.29, 1.82) is 5.26 Å². The Morgan fingerprint density at radius 2 is 1.83 bits per heavy atom. The van der Waals surface area contributed by atoms with E-state index in [0.717, 1.165) is 32.0 Å². The van der Waals surface area contributed by atoms with Crippen LogP contribution in [0.1, 0.15) is 10.9 Å². The van der Waals surface area contributed by atoms with Crippen molar-refractivity contribution in [3.05, 3.63) is 76.9 Å². The van der Waals surface area contributed by atoms with Crippen LogP contribution in [0.15, 0.2) is 76.5 Å². The molecule has 0 spiro atoms. The van der Waals surface area contributed by atoms with E-state index >= 15 is 0 Å². The average molecular weight is 430 g/mol. The molecule has 0 saturated heterocycles. The molecule has 0 aliphatic carbocycles. The number of nitrogens with one attached hydrogen (secondary N) is 2. The smallest absolute Gasteiger partial charge is 0.227 e. The molecule has 1 aliphatic rings. The number of rotatable bonds is 3. The fraction of sp³-hybridized carbons (Fsp3) is 0.0455.